The highest BCUT2D eigenvalue weighted by atomic mass is 16.5. The van der Waals surface area contributed by atoms with Gasteiger partial charge in [-0.05, 0) is 32.2 Å². The zero-order valence-electron chi connectivity index (χ0n) is 13.1. The predicted molar refractivity (Wildman–Crippen MR) is 85.9 cm³/mol. The molecule has 4 N–H and O–H groups in total. The summed E-state index contributed by atoms with van der Waals surface area (Å²) in [5, 5.41) is 6.78. The number of aromatic nitrogens is 3. The predicted octanol–water partition coefficient (Wildman–Crippen LogP) is 1.72. The maximum Gasteiger partial charge on any atom is 0.323 e. The number of nitrogens with two attached hydrogens (primary N) is 1. The molecule has 1 saturated heterocycles. The van der Waals surface area contributed by atoms with Crippen LogP contribution in [0.4, 0.5) is 11.9 Å². The Morgan fingerprint density at radius 1 is 1.05 bits per heavy atom. The minimum Gasteiger partial charge on any atom is -0.462 e. The Hall–Kier alpha value is -1.63. The van der Waals surface area contributed by atoms with Crippen LogP contribution >= 0.6 is 0 Å². The van der Waals surface area contributed by atoms with Crippen molar-refractivity contribution in [3.63, 3.8) is 0 Å². The highest BCUT2D eigenvalue weighted by molar-refractivity contribution is 5.33. The molecule has 0 spiro atoms. The lowest BCUT2D eigenvalue weighted by Crippen LogP contribution is -2.28. The molecular formula is C15H26N6O. The van der Waals surface area contributed by atoms with Crippen molar-refractivity contribution < 1.29 is 4.74 Å². The Kier molecular flexibility index (Phi) is 5.26. The van der Waals surface area contributed by atoms with Crippen LogP contribution in [0.1, 0.15) is 51.4 Å². The van der Waals surface area contributed by atoms with Gasteiger partial charge in [-0.1, -0.05) is 25.7 Å². The summed E-state index contributed by atoms with van der Waals surface area (Å²) in [6.07, 6.45) is 9.81. The maximum absolute atomic E-state index is 5.78. The number of hydrogen-bond donors (Lipinski definition) is 3. The molecule has 0 radical (unpaired) electrons. The summed E-state index contributed by atoms with van der Waals surface area (Å²) < 4.78 is 5.68. The van der Waals surface area contributed by atoms with Gasteiger partial charge in [0.1, 0.15) is 6.61 Å². The van der Waals surface area contributed by atoms with E-state index >= 15 is 0 Å². The lowest BCUT2D eigenvalue weighted by Gasteiger charge is -2.17. The van der Waals surface area contributed by atoms with Crippen LogP contribution in [-0.2, 0) is 0 Å². The number of nitrogen functional groups attached to an aromatic ring is 1. The van der Waals surface area contributed by atoms with Crippen molar-refractivity contribution in [2.45, 2.75) is 63.5 Å². The Bertz CT molecular complexity index is 469. The number of nitrogens with zero attached hydrogens (tertiary/aromatic N) is 3. The number of hydrogen-bond acceptors (Lipinski definition) is 7. The van der Waals surface area contributed by atoms with Crippen molar-refractivity contribution in [2.75, 3.05) is 24.2 Å². The molecule has 1 aliphatic carbocycles. The second-order valence-electron chi connectivity index (χ2n) is 6.24. The van der Waals surface area contributed by atoms with Gasteiger partial charge in [0.25, 0.3) is 0 Å². The molecule has 1 saturated carbocycles. The first-order valence-corrected chi connectivity index (χ1v) is 8.44. The summed E-state index contributed by atoms with van der Waals surface area (Å²) in [6.45, 7) is 1.63. The van der Waals surface area contributed by atoms with E-state index in [2.05, 4.69) is 25.6 Å². The van der Waals surface area contributed by atoms with E-state index in [-0.39, 0.29) is 5.95 Å². The van der Waals surface area contributed by atoms with Crippen LogP contribution < -0.4 is 21.1 Å². The quantitative estimate of drug-likeness (QED) is 0.712. The molecule has 7 nitrogen and oxygen atoms in total. The largest absolute Gasteiger partial charge is 0.462 e. The molecule has 1 aromatic heterocycles. The van der Waals surface area contributed by atoms with E-state index in [1.807, 2.05) is 0 Å². The van der Waals surface area contributed by atoms with Gasteiger partial charge in [0, 0.05) is 12.1 Å². The van der Waals surface area contributed by atoms with E-state index in [9.17, 15) is 0 Å². The molecular weight excluding hydrogens is 280 g/mol. The first-order chi connectivity index (χ1) is 10.8. The van der Waals surface area contributed by atoms with Gasteiger partial charge in [-0.3, -0.25) is 0 Å². The summed E-state index contributed by atoms with van der Waals surface area (Å²) in [6, 6.07) is 1.13. The second kappa shape index (κ2) is 7.58. The Balaban J connectivity index is 1.58. The van der Waals surface area contributed by atoms with Crippen LogP contribution in [0, 0.1) is 0 Å². The van der Waals surface area contributed by atoms with Crippen LogP contribution in [0.2, 0.25) is 0 Å². The van der Waals surface area contributed by atoms with Crippen molar-refractivity contribution in [2.24, 2.45) is 0 Å². The first kappa shape index (κ1) is 15.3. The third-order valence-electron chi connectivity index (χ3n) is 4.40. The molecule has 3 rings (SSSR count). The van der Waals surface area contributed by atoms with Gasteiger partial charge in [-0.25, -0.2) is 0 Å². The summed E-state index contributed by atoms with van der Waals surface area (Å²) in [7, 11) is 0. The van der Waals surface area contributed by atoms with Crippen LogP contribution in [0.15, 0.2) is 0 Å². The standard InChI is InChI=1S/C15H26N6O/c16-13-19-14(18-11-6-3-1-2-4-7-11)21-15(20-13)22-10-12-8-5-9-17-12/h11-12,17H,1-10H2,(H3,16,18,19,20,21). The van der Waals surface area contributed by atoms with Crippen LogP contribution in [0.3, 0.4) is 0 Å². The van der Waals surface area contributed by atoms with Gasteiger partial charge in [0.05, 0.1) is 0 Å². The van der Waals surface area contributed by atoms with Crippen LogP contribution in [0.25, 0.3) is 0 Å². The maximum atomic E-state index is 5.78. The van der Waals surface area contributed by atoms with Crippen LogP contribution in [0.5, 0.6) is 6.01 Å². The third kappa shape index (κ3) is 4.43. The van der Waals surface area contributed by atoms with Crippen molar-refractivity contribution in [1.82, 2.24) is 20.3 Å². The van der Waals surface area contributed by atoms with Crippen molar-refractivity contribution in [3.8, 4) is 6.01 Å². The molecule has 1 aromatic rings. The van der Waals surface area contributed by atoms with E-state index in [0.29, 0.717) is 30.6 Å². The molecule has 1 unspecified atom stereocenters. The number of nitrogens with one attached hydrogen (secondary N) is 2. The van der Waals surface area contributed by atoms with E-state index in [1.54, 1.807) is 0 Å². The number of anilines is 2. The molecule has 22 heavy (non-hydrogen) atoms. The van der Waals surface area contributed by atoms with Gasteiger partial charge in [-0.2, -0.15) is 15.0 Å². The molecule has 1 aliphatic heterocycles. The SMILES string of the molecule is Nc1nc(NC2CCCCCC2)nc(OCC2CCCN2)n1. The summed E-state index contributed by atoms with van der Waals surface area (Å²) >= 11 is 0. The van der Waals surface area contributed by atoms with Gasteiger partial charge in [0.15, 0.2) is 0 Å². The van der Waals surface area contributed by atoms with Gasteiger partial charge < -0.3 is 21.1 Å². The topological polar surface area (TPSA) is 98.0 Å². The molecule has 2 aliphatic rings. The second-order valence-corrected chi connectivity index (χ2v) is 6.24. The fourth-order valence-electron chi connectivity index (χ4n) is 3.18. The molecule has 0 amide bonds. The normalized spacial score (nSPS) is 23.2. The Morgan fingerprint density at radius 2 is 1.86 bits per heavy atom. The average molecular weight is 306 g/mol. The summed E-state index contributed by atoms with van der Waals surface area (Å²) in [5.74, 6) is 0.745. The molecule has 1 atom stereocenters. The molecule has 2 fully saturated rings. The minimum absolute atomic E-state index is 0.209. The number of rotatable bonds is 5. The monoisotopic (exact) mass is 306 g/mol. The first-order valence-electron chi connectivity index (χ1n) is 8.44. The minimum atomic E-state index is 0.209. The molecule has 0 bridgehead atoms. The molecule has 122 valence electrons. The lowest BCUT2D eigenvalue weighted by molar-refractivity contribution is 0.257. The van der Waals surface area contributed by atoms with Crippen LogP contribution in [-0.4, -0.2) is 40.2 Å². The van der Waals surface area contributed by atoms with Gasteiger partial charge in [0.2, 0.25) is 11.9 Å². The van der Waals surface area contributed by atoms with Gasteiger partial charge >= 0.3 is 6.01 Å². The van der Waals surface area contributed by atoms with Crippen molar-refractivity contribution >= 4 is 11.9 Å². The summed E-state index contributed by atoms with van der Waals surface area (Å²) in [4.78, 5) is 12.6. The third-order valence-corrected chi connectivity index (χ3v) is 4.40. The Labute approximate surface area is 131 Å². The van der Waals surface area contributed by atoms with E-state index in [1.165, 1.54) is 32.1 Å². The fourth-order valence-corrected chi connectivity index (χ4v) is 3.18. The van der Waals surface area contributed by atoms with E-state index in [4.69, 9.17) is 10.5 Å². The van der Waals surface area contributed by atoms with Gasteiger partial charge in [-0.15, -0.1) is 0 Å². The molecule has 2 heterocycles. The van der Waals surface area contributed by atoms with Crippen molar-refractivity contribution in [3.05, 3.63) is 0 Å². The highest BCUT2D eigenvalue weighted by Gasteiger charge is 2.17. The molecule has 7 heteroatoms. The number of ether oxygens (including phenoxy) is 1. The zero-order chi connectivity index (χ0) is 15.2. The molecule has 0 aromatic carbocycles. The Morgan fingerprint density at radius 3 is 2.59 bits per heavy atom. The lowest BCUT2D eigenvalue weighted by atomic mass is 10.1. The fraction of sp³-hybridized carbons (Fsp3) is 0.800. The van der Waals surface area contributed by atoms with E-state index < -0.39 is 0 Å². The van der Waals surface area contributed by atoms with Crippen molar-refractivity contribution in [1.29, 1.82) is 0 Å². The van der Waals surface area contributed by atoms with E-state index in [0.717, 1.165) is 25.8 Å². The smallest absolute Gasteiger partial charge is 0.323 e. The zero-order valence-corrected chi connectivity index (χ0v) is 13.1. The highest BCUT2D eigenvalue weighted by Crippen LogP contribution is 2.20. The summed E-state index contributed by atoms with van der Waals surface area (Å²) in [5.41, 5.74) is 5.78. The average Bonchev–Trinajstić information content (AvgIpc) is 2.89.